The molecule has 1 unspecified atom stereocenters. The third-order valence-electron chi connectivity index (χ3n) is 2.87. The van der Waals surface area contributed by atoms with Gasteiger partial charge in [0.25, 0.3) is 5.91 Å². The number of benzene rings is 1. The number of aromatic nitrogens is 1. The number of phenolic OH excluding ortho intramolecular Hbond substituents is 1. The summed E-state index contributed by atoms with van der Waals surface area (Å²) in [6.45, 7) is 5.75. The Hall–Kier alpha value is -1.59. The molecule has 0 fully saturated rings. The van der Waals surface area contributed by atoms with Crippen LogP contribution in [0, 0.1) is 13.8 Å². The molecule has 1 aromatic heterocycles. The van der Waals surface area contributed by atoms with E-state index >= 15 is 0 Å². The zero-order valence-corrected chi connectivity index (χ0v) is 13.0. The number of carbonyl (C=O) groups is 1. The van der Waals surface area contributed by atoms with Gasteiger partial charge >= 0.3 is 0 Å². The van der Waals surface area contributed by atoms with Gasteiger partial charge in [-0.25, -0.2) is 4.98 Å². The van der Waals surface area contributed by atoms with Crippen LogP contribution < -0.4 is 5.32 Å². The molecule has 0 radical (unpaired) electrons. The average Bonchev–Trinajstić information content (AvgIpc) is 2.71. The Kier molecular flexibility index (Phi) is 4.30. The summed E-state index contributed by atoms with van der Waals surface area (Å²) < 4.78 is 0. The minimum absolute atomic E-state index is 0.0111. The lowest BCUT2D eigenvalue weighted by atomic mass is 10.1. The number of amides is 1. The van der Waals surface area contributed by atoms with Gasteiger partial charge in [-0.15, -0.1) is 11.3 Å². The zero-order chi connectivity index (χ0) is 14.9. The molecule has 106 valence electrons. The molecule has 20 heavy (non-hydrogen) atoms. The van der Waals surface area contributed by atoms with Gasteiger partial charge in [-0.2, -0.15) is 0 Å². The van der Waals surface area contributed by atoms with Crippen molar-refractivity contribution in [3.05, 3.63) is 44.4 Å². The van der Waals surface area contributed by atoms with E-state index in [4.69, 9.17) is 11.6 Å². The average molecular weight is 311 g/mol. The van der Waals surface area contributed by atoms with Crippen LogP contribution in [0.15, 0.2) is 18.2 Å². The van der Waals surface area contributed by atoms with E-state index in [1.54, 1.807) is 11.3 Å². The molecule has 0 aliphatic heterocycles. The maximum atomic E-state index is 12.2. The summed E-state index contributed by atoms with van der Waals surface area (Å²) in [6.07, 6.45) is 0. The minimum Gasteiger partial charge on any atom is -0.508 e. The van der Waals surface area contributed by atoms with E-state index in [9.17, 15) is 9.90 Å². The van der Waals surface area contributed by atoms with Crippen molar-refractivity contribution >= 4 is 28.8 Å². The summed E-state index contributed by atoms with van der Waals surface area (Å²) in [5.41, 5.74) is 1.18. The quantitative estimate of drug-likeness (QED) is 0.910. The summed E-state index contributed by atoms with van der Waals surface area (Å²) in [7, 11) is 0. The number of aromatic hydroxyl groups is 1. The number of phenols is 1. The van der Waals surface area contributed by atoms with Gasteiger partial charge in [-0.3, -0.25) is 4.79 Å². The molecule has 2 N–H and O–H groups in total. The predicted octanol–water partition coefficient (Wildman–Crippen LogP) is 3.61. The number of hydrogen-bond acceptors (Lipinski definition) is 4. The van der Waals surface area contributed by atoms with E-state index in [2.05, 4.69) is 10.3 Å². The number of nitrogens with zero attached hydrogens (tertiary/aromatic N) is 1. The second-order valence-corrected chi connectivity index (χ2v) is 6.18. The van der Waals surface area contributed by atoms with Crippen LogP contribution in [-0.4, -0.2) is 16.0 Å². The number of aryl methyl sites for hydroxylation is 2. The molecule has 0 saturated carbocycles. The highest BCUT2D eigenvalue weighted by Gasteiger charge is 2.18. The van der Waals surface area contributed by atoms with Crippen LogP contribution in [-0.2, 0) is 0 Å². The van der Waals surface area contributed by atoms with Crippen molar-refractivity contribution in [2.45, 2.75) is 26.8 Å². The normalized spacial score (nSPS) is 12.2. The molecule has 1 heterocycles. The Morgan fingerprint density at radius 3 is 2.75 bits per heavy atom. The summed E-state index contributed by atoms with van der Waals surface area (Å²) in [6, 6.07) is 4.14. The molecular weight excluding hydrogens is 296 g/mol. The topological polar surface area (TPSA) is 62.2 Å². The first-order chi connectivity index (χ1) is 9.38. The SMILES string of the molecule is Cc1nc(C)c(C(C)NC(=O)c2cc(O)ccc2Cl)s1. The number of thiazole rings is 1. The summed E-state index contributed by atoms with van der Waals surface area (Å²) in [5, 5.41) is 13.6. The van der Waals surface area contributed by atoms with E-state index in [1.807, 2.05) is 20.8 Å². The van der Waals surface area contributed by atoms with Crippen molar-refractivity contribution in [1.29, 1.82) is 0 Å². The lowest BCUT2D eigenvalue weighted by Gasteiger charge is -2.13. The zero-order valence-electron chi connectivity index (χ0n) is 11.4. The number of nitrogens with one attached hydrogen (secondary N) is 1. The standard InChI is InChI=1S/C14H15ClN2O2S/c1-7-13(20-9(3)16-7)8(2)17-14(19)11-6-10(18)4-5-12(11)15/h4-6,8,18H,1-3H3,(H,17,19). The van der Waals surface area contributed by atoms with Crippen LogP contribution in [0.2, 0.25) is 5.02 Å². The highest BCUT2D eigenvalue weighted by molar-refractivity contribution is 7.11. The van der Waals surface area contributed by atoms with Gasteiger partial charge in [-0.1, -0.05) is 11.6 Å². The smallest absolute Gasteiger partial charge is 0.253 e. The molecule has 6 heteroatoms. The van der Waals surface area contributed by atoms with Crippen LogP contribution in [0.5, 0.6) is 5.75 Å². The fraction of sp³-hybridized carbons (Fsp3) is 0.286. The van der Waals surface area contributed by atoms with Crippen LogP contribution >= 0.6 is 22.9 Å². The van der Waals surface area contributed by atoms with Gasteiger partial charge in [0.2, 0.25) is 0 Å². The van der Waals surface area contributed by atoms with Gasteiger partial charge in [-0.05, 0) is 39.0 Å². The Morgan fingerprint density at radius 2 is 2.15 bits per heavy atom. The largest absolute Gasteiger partial charge is 0.508 e. The Labute approximate surface area is 126 Å². The van der Waals surface area contributed by atoms with E-state index < -0.39 is 0 Å². The first-order valence-corrected chi connectivity index (χ1v) is 7.31. The highest BCUT2D eigenvalue weighted by Crippen LogP contribution is 2.26. The van der Waals surface area contributed by atoms with E-state index in [0.29, 0.717) is 5.02 Å². The van der Waals surface area contributed by atoms with Crippen molar-refractivity contribution in [1.82, 2.24) is 10.3 Å². The Morgan fingerprint density at radius 1 is 1.45 bits per heavy atom. The molecule has 2 rings (SSSR count). The van der Waals surface area contributed by atoms with Crippen molar-refractivity contribution < 1.29 is 9.90 Å². The van der Waals surface area contributed by atoms with Crippen LogP contribution in [0.1, 0.15) is 38.9 Å². The molecule has 1 amide bonds. The minimum atomic E-state index is -0.316. The number of rotatable bonds is 3. The first kappa shape index (κ1) is 14.8. The maximum Gasteiger partial charge on any atom is 0.253 e. The lowest BCUT2D eigenvalue weighted by Crippen LogP contribution is -2.26. The van der Waals surface area contributed by atoms with E-state index in [1.165, 1.54) is 18.2 Å². The van der Waals surface area contributed by atoms with Crippen LogP contribution in [0.3, 0.4) is 0 Å². The fourth-order valence-electron chi connectivity index (χ4n) is 1.98. The first-order valence-electron chi connectivity index (χ1n) is 6.11. The molecule has 0 aliphatic carbocycles. The third-order valence-corrected chi connectivity index (χ3v) is 4.46. The summed E-state index contributed by atoms with van der Waals surface area (Å²) in [4.78, 5) is 17.6. The second-order valence-electron chi connectivity index (χ2n) is 4.54. The summed E-state index contributed by atoms with van der Waals surface area (Å²) in [5.74, 6) is -0.305. The highest BCUT2D eigenvalue weighted by atomic mass is 35.5. The molecular formula is C14H15ClN2O2S. The Balaban J connectivity index is 2.19. The van der Waals surface area contributed by atoms with Gasteiger partial charge in [0.1, 0.15) is 5.75 Å². The van der Waals surface area contributed by atoms with Gasteiger partial charge in [0.05, 0.1) is 27.3 Å². The lowest BCUT2D eigenvalue weighted by molar-refractivity contribution is 0.0940. The predicted molar refractivity (Wildman–Crippen MR) is 80.6 cm³/mol. The third kappa shape index (κ3) is 3.11. The molecule has 0 saturated heterocycles. The van der Waals surface area contributed by atoms with Gasteiger partial charge in [0.15, 0.2) is 0 Å². The maximum absolute atomic E-state index is 12.2. The molecule has 1 atom stereocenters. The molecule has 2 aromatic rings. The molecule has 0 aliphatic rings. The fourth-order valence-corrected chi connectivity index (χ4v) is 3.11. The molecule has 1 aromatic carbocycles. The van der Waals surface area contributed by atoms with Crippen molar-refractivity contribution in [3.8, 4) is 5.75 Å². The summed E-state index contributed by atoms with van der Waals surface area (Å²) >= 11 is 7.53. The molecule has 0 spiro atoms. The van der Waals surface area contributed by atoms with Crippen molar-refractivity contribution in [2.24, 2.45) is 0 Å². The monoisotopic (exact) mass is 310 g/mol. The van der Waals surface area contributed by atoms with Crippen LogP contribution in [0.4, 0.5) is 0 Å². The number of halogens is 1. The van der Waals surface area contributed by atoms with Crippen molar-refractivity contribution in [2.75, 3.05) is 0 Å². The van der Waals surface area contributed by atoms with Gasteiger partial charge < -0.3 is 10.4 Å². The van der Waals surface area contributed by atoms with Crippen molar-refractivity contribution in [3.63, 3.8) is 0 Å². The second kappa shape index (κ2) is 5.81. The molecule has 4 nitrogen and oxygen atoms in total. The number of carbonyl (C=O) groups excluding carboxylic acids is 1. The molecule has 0 bridgehead atoms. The van der Waals surface area contributed by atoms with E-state index in [0.717, 1.165) is 15.6 Å². The van der Waals surface area contributed by atoms with Gasteiger partial charge in [0, 0.05) is 4.88 Å². The van der Waals surface area contributed by atoms with Crippen LogP contribution in [0.25, 0.3) is 0 Å². The van der Waals surface area contributed by atoms with E-state index in [-0.39, 0.29) is 23.3 Å². The number of hydrogen-bond donors (Lipinski definition) is 2. The Bertz CT molecular complexity index is 655.